The predicted octanol–water partition coefficient (Wildman–Crippen LogP) is 14.8. The minimum Gasteiger partial charge on any atom is -0.496 e. The van der Waals surface area contributed by atoms with E-state index in [2.05, 4.69) is 144 Å². The van der Waals surface area contributed by atoms with Crippen molar-refractivity contribution in [2.45, 2.75) is 229 Å². The highest BCUT2D eigenvalue weighted by Crippen LogP contribution is 2.44. The SMILES string of the molecule is CC1CN(c2ncccc2C(=O)NS(=O)(=O)c2cccc(NC3CCC(NC(=O)OC(C)(C)C)CC3)n2)C(C)(C)C1.COc1cc(-c2ccc(C(=O)NS(=O)(=O)c3ccc[nH]c3=O)c(N3C[C@@H](C)CC3(C)C)n2)ccc1C.C[C@@H]1CN(c2nc(-c3ccccc3C#N)ccc2C(=O)NS(=O)(=O)c2cccnc2N)C(C)(C)C1.Cc1ccc(-c2ccc(C(=O)NS(=O)(=O)c3ccc[nH]c3=O)c(N3C[C@@H](C)CC3(C)C)n2)cc1. The van der Waals surface area contributed by atoms with Crippen molar-refractivity contribution in [1.82, 2.24) is 64.1 Å². The molecule has 4 aliphatic heterocycles. The molecule has 1 saturated carbocycles. The van der Waals surface area contributed by atoms with Gasteiger partial charge >= 0.3 is 6.09 Å². The third-order valence-electron chi connectivity index (χ3n) is 26.0. The first-order chi connectivity index (χ1) is 68.6. The number of nitrogens with two attached hydrogens (primary N) is 1. The Balaban J connectivity index is 0.000000163. The summed E-state index contributed by atoms with van der Waals surface area (Å²) in [7, 11) is -15.7. The zero-order valence-corrected chi connectivity index (χ0v) is 88.3. The second kappa shape index (κ2) is 43.8. The molecule has 1 aliphatic carbocycles. The zero-order valence-electron chi connectivity index (χ0n) is 85.0. The number of benzene rings is 3. The number of nitrogens with zero attached hydrogens (tertiary/aromatic N) is 11. The fourth-order valence-electron chi connectivity index (χ4n) is 19.6. The molecule has 1 unspecified atom stereocenters. The van der Waals surface area contributed by atoms with E-state index in [1.165, 1.54) is 48.9 Å². The number of aromatic amines is 2. The lowest BCUT2D eigenvalue weighted by Gasteiger charge is -2.34. The highest BCUT2D eigenvalue weighted by Gasteiger charge is 2.45. The van der Waals surface area contributed by atoms with Crippen LogP contribution in [0.1, 0.15) is 213 Å². The van der Waals surface area contributed by atoms with Gasteiger partial charge in [-0.05, 0) is 280 Å². The van der Waals surface area contributed by atoms with Crippen LogP contribution >= 0.6 is 0 Å². The predicted molar refractivity (Wildman–Crippen MR) is 559 cm³/mol. The van der Waals surface area contributed by atoms with Crippen LogP contribution in [0.3, 0.4) is 0 Å². The lowest BCUT2D eigenvalue weighted by atomic mass is 9.91. The van der Waals surface area contributed by atoms with Gasteiger partial charge in [0, 0.05) is 102 Å². The number of H-pyrrole nitrogens is 2. The van der Waals surface area contributed by atoms with Gasteiger partial charge in [-0.3, -0.25) is 28.8 Å². The number of ether oxygens (including phenoxy) is 2. The zero-order chi connectivity index (χ0) is 106. The molecule has 772 valence electrons. The van der Waals surface area contributed by atoms with Crippen molar-refractivity contribution in [2.24, 2.45) is 23.7 Å². The number of nitrogens with one attached hydrogen (secondary N) is 8. The van der Waals surface area contributed by atoms with E-state index in [0.29, 0.717) is 106 Å². The Kier molecular flexibility index (Phi) is 32.6. The topological polar surface area (TPSA) is 518 Å². The van der Waals surface area contributed by atoms with Crippen LogP contribution in [0.5, 0.6) is 5.75 Å². The molecule has 0 bridgehead atoms. The second-order valence-electron chi connectivity index (χ2n) is 41.3. The number of carbonyl (C=O) groups excluding carboxylic acids is 5. The summed E-state index contributed by atoms with van der Waals surface area (Å²) in [5, 5.41) is 15.5. The van der Waals surface area contributed by atoms with Crippen molar-refractivity contribution in [2.75, 3.05) is 63.9 Å². The number of hydrogen-bond donors (Lipinski definition) is 9. The van der Waals surface area contributed by atoms with Crippen molar-refractivity contribution in [1.29, 1.82) is 5.26 Å². The van der Waals surface area contributed by atoms with Crippen molar-refractivity contribution in [3.05, 3.63) is 254 Å². The Morgan fingerprint density at radius 1 is 0.459 bits per heavy atom. The Labute approximate surface area is 851 Å². The maximum Gasteiger partial charge on any atom is 0.407 e. The third-order valence-corrected chi connectivity index (χ3v) is 31.3. The van der Waals surface area contributed by atoms with Crippen LogP contribution in [0.2, 0.25) is 0 Å². The maximum atomic E-state index is 13.3. The molecule has 10 N–H and O–H groups in total. The Morgan fingerprint density at radius 2 is 0.870 bits per heavy atom. The normalized spacial score (nSPS) is 18.7. The molecular weight excluding hydrogens is 1940 g/mol. The number of carbonyl (C=O) groups is 5. The summed E-state index contributed by atoms with van der Waals surface area (Å²) in [6.07, 6.45) is 11.8. The fourth-order valence-corrected chi connectivity index (χ4v) is 23.6. The van der Waals surface area contributed by atoms with E-state index in [4.69, 9.17) is 30.2 Å². The fraction of sp³-hybridized carbons (Fsp3) is 0.390. The Hall–Kier alpha value is -14.5. The molecule has 4 saturated heterocycles. The highest BCUT2D eigenvalue weighted by atomic mass is 32.2. The van der Waals surface area contributed by atoms with Gasteiger partial charge in [-0.25, -0.2) is 78.8 Å². The van der Waals surface area contributed by atoms with E-state index in [1.54, 1.807) is 92.2 Å². The minimum atomic E-state index is -4.40. The summed E-state index contributed by atoms with van der Waals surface area (Å²) < 4.78 is 123. The molecule has 3 aromatic carbocycles. The number of nitrogen functional groups attached to an aromatic ring is 1. The molecule has 37 nitrogen and oxygen atoms in total. The number of amides is 5. The number of anilines is 6. The second-order valence-corrected chi connectivity index (χ2v) is 47.8. The Bertz CT molecular complexity index is 7430. The van der Waals surface area contributed by atoms with Crippen molar-refractivity contribution in [3.8, 4) is 45.6 Å². The summed E-state index contributed by atoms with van der Waals surface area (Å²) in [6, 6.07) is 48.3. The van der Waals surface area contributed by atoms with E-state index in [9.17, 15) is 72.5 Å². The molecule has 41 heteroatoms. The van der Waals surface area contributed by atoms with E-state index in [1.807, 2.05) is 102 Å². The summed E-state index contributed by atoms with van der Waals surface area (Å²) >= 11 is 0. The van der Waals surface area contributed by atoms with E-state index in [-0.39, 0.29) is 72.2 Å². The lowest BCUT2D eigenvalue weighted by molar-refractivity contribution is 0.0491. The number of hydrogen-bond acceptors (Lipinski definition) is 30. The van der Waals surface area contributed by atoms with Gasteiger partial charge in [-0.2, -0.15) is 13.7 Å². The van der Waals surface area contributed by atoms with Gasteiger partial charge in [-0.1, -0.05) is 93.9 Å². The number of methoxy groups -OCH3 is 1. The van der Waals surface area contributed by atoms with Gasteiger partial charge in [0.05, 0.1) is 58.1 Å². The molecule has 16 rings (SSSR count). The van der Waals surface area contributed by atoms with Crippen LogP contribution in [0.4, 0.5) is 39.7 Å². The maximum absolute atomic E-state index is 13.3. The van der Waals surface area contributed by atoms with Gasteiger partial charge < -0.3 is 55.4 Å². The molecular formula is C105H126N20O17S4. The van der Waals surface area contributed by atoms with Crippen LogP contribution < -0.4 is 70.7 Å². The lowest BCUT2D eigenvalue weighted by Crippen LogP contribution is -2.42. The Morgan fingerprint density at radius 3 is 1.32 bits per heavy atom. The van der Waals surface area contributed by atoms with E-state index in [0.717, 1.165) is 92.3 Å². The summed E-state index contributed by atoms with van der Waals surface area (Å²) in [6.45, 7) is 37.3. The smallest absolute Gasteiger partial charge is 0.407 e. The van der Waals surface area contributed by atoms with Gasteiger partial charge in [0.1, 0.15) is 51.2 Å². The van der Waals surface area contributed by atoms with Gasteiger partial charge in [0.25, 0.3) is 74.8 Å². The average Bonchev–Trinajstić information content (AvgIpc) is 1.61. The van der Waals surface area contributed by atoms with Crippen LogP contribution in [0.25, 0.3) is 33.8 Å². The number of rotatable bonds is 23. The molecule has 12 heterocycles. The molecule has 5 amide bonds. The number of aromatic nitrogens is 8. The summed E-state index contributed by atoms with van der Waals surface area (Å²) in [5.74, 6) is 0.763. The highest BCUT2D eigenvalue weighted by molar-refractivity contribution is 7.91. The van der Waals surface area contributed by atoms with Crippen LogP contribution in [0, 0.1) is 48.9 Å². The average molecular weight is 2070 g/mol. The summed E-state index contributed by atoms with van der Waals surface area (Å²) in [4.78, 5) is 128. The van der Waals surface area contributed by atoms with Crippen molar-refractivity contribution >= 4 is 105 Å². The minimum absolute atomic E-state index is 0.0181. The first-order valence-electron chi connectivity index (χ1n) is 47.9. The monoisotopic (exact) mass is 2070 g/mol. The van der Waals surface area contributed by atoms with Gasteiger partial charge in [-0.15, -0.1) is 0 Å². The first-order valence-corrected chi connectivity index (χ1v) is 53.9. The molecule has 146 heavy (non-hydrogen) atoms. The van der Waals surface area contributed by atoms with Crippen molar-refractivity contribution in [3.63, 3.8) is 0 Å². The third kappa shape index (κ3) is 25.9. The number of aryl methyl sites for hydroxylation is 2. The molecule has 0 spiro atoms. The van der Waals surface area contributed by atoms with Crippen LogP contribution in [0.15, 0.2) is 224 Å². The number of pyridine rings is 8. The van der Waals surface area contributed by atoms with Crippen LogP contribution in [-0.4, -0.2) is 176 Å². The van der Waals surface area contributed by atoms with Crippen molar-refractivity contribution < 1.29 is 67.1 Å². The largest absolute Gasteiger partial charge is 0.496 e. The molecule has 5 fully saturated rings. The molecule has 5 aliphatic rings. The van der Waals surface area contributed by atoms with Gasteiger partial charge in [0.15, 0.2) is 14.8 Å². The molecule has 4 atom stereocenters. The van der Waals surface area contributed by atoms with Crippen LogP contribution in [-0.2, 0) is 44.8 Å². The number of nitriles is 1. The molecule has 0 radical (unpaired) electrons. The van der Waals surface area contributed by atoms with Gasteiger partial charge in [0.2, 0.25) is 0 Å². The quantitative estimate of drug-likeness (QED) is 0.0287. The summed E-state index contributed by atoms with van der Waals surface area (Å²) in [5.41, 5.74) is 9.70. The van der Waals surface area contributed by atoms with E-state index >= 15 is 0 Å². The standard InChI is InChI=1S/C29H42N6O5S.C26H30N4O5S.C25H26N6O3S.C25H28N4O4S/c1-19-17-29(5,6)35(18-19)25-22(9-8-16-30-25)26(36)34-41(38,39)24-11-7-10-23(33-24)31-20-12-14-21(15-13-20)32-27(37)40-28(2,3)4;1-16-14-26(3,4)30(15-16)23-19(24(31)29-36(33,34)22-7-6-12-27-25(22)32)10-11-20(28-23)18-9-8-17(2)21(13-18)35-5;1-16-13-25(2,3)31(15-16)23-19(10-11-20(29-23)18-8-5-4-7-17(18)14-26)24(32)30-35(33,34)21-9-6-12-28-22(21)27;1-16-7-9-18(10-8-16)20-12-11-19(22(27-20)29-15-17(2)14-25(29,3)4)23(30)28-34(32,33)21-6-5-13-26-24(21)31/h7-11,16,19-21H,12-15,17-18H2,1-6H3,(H,31,33)(H,32,37)(H,34,36);6-13,16H,14-15H2,1-5H3,(H,27,32)(H,29,31);4-12,16H,13,15H2,1-3H3,(H2,27,28)(H,30,32);5-13,17H,14-15H2,1-4H3,(H,26,31)(H,28,30)/t;2*16-;17-/m.000/s1. The number of alkyl carbamates (subject to hydrolysis) is 1. The first kappa shape index (κ1) is 109. The van der Waals surface area contributed by atoms with E-state index < -0.39 is 96.3 Å². The molecule has 11 aromatic rings. The number of sulfonamides is 4. The molecule has 8 aromatic heterocycles.